The van der Waals surface area contributed by atoms with Crippen LogP contribution in [-0.2, 0) is 14.3 Å². The van der Waals surface area contributed by atoms with Crippen molar-refractivity contribution in [3.8, 4) is 11.1 Å². The van der Waals surface area contributed by atoms with Crippen LogP contribution in [0.5, 0.6) is 0 Å². The van der Waals surface area contributed by atoms with Gasteiger partial charge in [0.15, 0.2) is 0 Å². The van der Waals surface area contributed by atoms with Crippen LogP contribution < -0.4 is 10.6 Å². The van der Waals surface area contributed by atoms with E-state index in [0.717, 1.165) is 22.3 Å². The van der Waals surface area contributed by atoms with E-state index in [1.807, 2.05) is 48.5 Å². The van der Waals surface area contributed by atoms with Gasteiger partial charge in [-0.15, -0.1) is 0 Å². The fraction of sp³-hybridized carbons (Fsp3) is 0.375. The number of hydrogen-bond acceptors (Lipinski definition) is 4. The number of rotatable bonds is 8. The van der Waals surface area contributed by atoms with Gasteiger partial charge < -0.3 is 20.5 Å². The van der Waals surface area contributed by atoms with E-state index < -0.39 is 42.0 Å². The van der Waals surface area contributed by atoms with Crippen molar-refractivity contribution in [1.82, 2.24) is 10.6 Å². The number of carbonyl (C=O) groups is 3. The van der Waals surface area contributed by atoms with Crippen LogP contribution in [0.2, 0.25) is 0 Å². The maximum absolute atomic E-state index is 13.4. The summed E-state index contributed by atoms with van der Waals surface area (Å²) in [5.41, 5.74) is 2.40. The van der Waals surface area contributed by atoms with Crippen LogP contribution in [0.15, 0.2) is 48.5 Å². The Kier molecular flexibility index (Phi) is 7.18. The lowest BCUT2D eigenvalue weighted by atomic mass is 9.94. The third kappa shape index (κ3) is 5.67. The number of hydrogen-bond donors (Lipinski definition) is 3. The molecular formula is C24H25F3N2O5. The molecule has 34 heavy (non-hydrogen) atoms. The van der Waals surface area contributed by atoms with Gasteiger partial charge in [0, 0.05) is 12.5 Å². The quantitative estimate of drug-likeness (QED) is 0.531. The van der Waals surface area contributed by atoms with Crippen molar-refractivity contribution in [3.05, 3.63) is 59.7 Å². The Morgan fingerprint density at radius 3 is 2.03 bits per heavy atom. The summed E-state index contributed by atoms with van der Waals surface area (Å²) in [5, 5.41) is 12.9. The first-order valence-corrected chi connectivity index (χ1v) is 10.6. The molecule has 182 valence electrons. The monoisotopic (exact) mass is 478 g/mol. The lowest BCUT2D eigenvalue weighted by Gasteiger charge is -2.23. The average Bonchev–Trinajstić information content (AvgIpc) is 3.09. The number of nitrogens with one attached hydrogen (secondary N) is 2. The minimum Gasteiger partial charge on any atom is -0.481 e. The van der Waals surface area contributed by atoms with Gasteiger partial charge in [-0.3, -0.25) is 9.59 Å². The molecule has 0 heterocycles. The number of fused-ring (bicyclic) bond motifs is 3. The fourth-order valence-electron chi connectivity index (χ4n) is 3.68. The van der Waals surface area contributed by atoms with Gasteiger partial charge in [-0.2, -0.15) is 13.2 Å². The van der Waals surface area contributed by atoms with Gasteiger partial charge in [0.2, 0.25) is 5.91 Å². The number of carboxylic acid groups (broad SMARTS) is 1. The van der Waals surface area contributed by atoms with Crippen LogP contribution in [0, 0.1) is 5.41 Å². The minimum atomic E-state index is -4.91. The molecule has 3 rings (SSSR count). The summed E-state index contributed by atoms with van der Waals surface area (Å²) in [6.45, 7) is 2.11. The Balaban J connectivity index is 1.62. The second-order valence-corrected chi connectivity index (χ2v) is 8.73. The summed E-state index contributed by atoms with van der Waals surface area (Å²) in [7, 11) is 0. The first kappa shape index (κ1) is 25.1. The van der Waals surface area contributed by atoms with Crippen molar-refractivity contribution in [1.29, 1.82) is 0 Å². The van der Waals surface area contributed by atoms with E-state index in [0.29, 0.717) is 0 Å². The number of carboxylic acids is 1. The molecule has 0 aliphatic heterocycles. The second-order valence-electron chi connectivity index (χ2n) is 8.73. The van der Waals surface area contributed by atoms with Crippen molar-refractivity contribution in [2.75, 3.05) is 13.2 Å². The molecule has 0 saturated carbocycles. The lowest BCUT2D eigenvalue weighted by Crippen LogP contribution is -2.49. The van der Waals surface area contributed by atoms with E-state index in [1.54, 1.807) is 5.32 Å². The van der Waals surface area contributed by atoms with Crippen molar-refractivity contribution in [2.24, 2.45) is 5.41 Å². The molecule has 2 aromatic carbocycles. The zero-order valence-corrected chi connectivity index (χ0v) is 18.6. The van der Waals surface area contributed by atoms with Gasteiger partial charge >= 0.3 is 18.2 Å². The van der Waals surface area contributed by atoms with Crippen molar-refractivity contribution < 1.29 is 37.4 Å². The topological polar surface area (TPSA) is 105 Å². The van der Waals surface area contributed by atoms with Crippen molar-refractivity contribution in [3.63, 3.8) is 0 Å². The molecule has 0 spiro atoms. The van der Waals surface area contributed by atoms with Crippen LogP contribution in [-0.4, -0.2) is 48.4 Å². The number of aliphatic carboxylic acids is 1. The maximum Gasteiger partial charge on any atom is 0.409 e. The molecule has 0 aromatic heterocycles. The number of benzene rings is 2. The Morgan fingerprint density at radius 1 is 1.00 bits per heavy atom. The first-order chi connectivity index (χ1) is 15.9. The summed E-state index contributed by atoms with van der Waals surface area (Å²) in [6, 6.07) is 12.5. The molecule has 1 atom stereocenters. The molecule has 1 unspecified atom stereocenters. The highest BCUT2D eigenvalue weighted by Crippen LogP contribution is 2.44. The normalized spacial score (nSPS) is 14.0. The van der Waals surface area contributed by atoms with E-state index in [2.05, 4.69) is 5.32 Å². The molecule has 3 N–H and O–H groups in total. The van der Waals surface area contributed by atoms with E-state index >= 15 is 0 Å². The summed E-state index contributed by atoms with van der Waals surface area (Å²) < 4.78 is 45.4. The largest absolute Gasteiger partial charge is 0.481 e. The highest BCUT2D eigenvalue weighted by atomic mass is 19.4. The van der Waals surface area contributed by atoms with Crippen LogP contribution >= 0.6 is 0 Å². The Labute approximate surface area is 194 Å². The van der Waals surface area contributed by atoms with E-state index in [-0.39, 0.29) is 19.1 Å². The fourth-order valence-corrected chi connectivity index (χ4v) is 3.68. The molecule has 2 amide bonds. The Hall–Kier alpha value is -3.56. The molecule has 0 bridgehead atoms. The summed E-state index contributed by atoms with van der Waals surface area (Å²) in [5.74, 6) is -2.59. The van der Waals surface area contributed by atoms with E-state index in [1.165, 1.54) is 13.8 Å². The van der Waals surface area contributed by atoms with Gasteiger partial charge in [0.1, 0.15) is 12.6 Å². The van der Waals surface area contributed by atoms with Gasteiger partial charge in [0.25, 0.3) is 0 Å². The molecule has 7 nitrogen and oxygen atoms in total. The van der Waals surface area contributed by atoms with Crippen molar-refractivity contribution >= 4 is 18.0 Å². The standard InChI is InChI=1S/C24H25F3N2O5/c1-23(2,21(31)32)13-28-20(30)11-19(24(25,26)27)29-22(33)34-12-18-16-9-5-3-7-14(16)15-8-4-6-10-17(15)18/h3-10,18-19H,11-13H2,1-2H3,(H,28,30)(H,29,33)(H,31,32). The first-order valence-electron chi connectivity index (χ1n) is 10.6. The predicted molar refractivity (Wildman–Crippen MR) is 117 cm³/mol. The van der Waals surface area contributed by atoms with Gasteiger partial charge in [-0.05, 0) is 36.1 Å². The number of halogens is 3. The lowest BCUT2D eigenvalue weighted by molar-refractivity contribution is -0.160. The SMILES string of the molecule is CC(C)(CNC(=O)CC(NC(=O)OCC1c2ccccc2-c2ccccc21)C(F)(F)F)C(=O)O. The number of amides is 2. The smallest absolute Gasteiger partial charge is 0.409 e. The molecule has 0 fully saturated rings. The van der Waals surface area contributed by atoms with Gasteiger partial charge in [-0.1, -0.05) is 48.5 Å². The van der Waals surface area contributed by atoms with Crippen LogP contribution in [0.4, 0.5) is 18.0 Å². The number of carbonyl (C=O) groups excluding carboxylic acids is 2. The zero-order chi connectivity index (χ0) is 25.1. The molecule has 10 heteroatoms. The predicted octanol–water partition coefficient (Wildman–Crippen LogP) is 4.07. The van der Waals surface area contributed by atoms with E-state index in [9.17, 15) is 27.6 Å². The number of ether oxygens (including phenoxy) is 1. The van der Waals surface area contributed by atoms with Crippen LogP contribution in [0.1, 0.15) is 37.3 Å². The maximum atomic E-state index is 13.4. The zero-order valence-electron chi connectivity index (χ0n) is 18.6. The molecular weight excluding hydrogens is 453 g/mol. The van der Waals surface area contributed by atoms with Gasteiger partial charge in [0.05, 0.1) is 11.8 Å². The molecule has 0 radical (unpaired) electrons. The minimum absolute atomic E-state index is 0.177. The molecule has 0 saturated heterocycles. The molecule has 1 aliphatic carbocycles. The highest BCUT2D eigenvalue weighted by Gasteiger charge is 2.43. The Bertz CT molecular complexity index is 1040. The van der Waals surface area contributed by atoms with E-state index in [4.69, 9.17) is 9.84 Å². The second kappa shape index (κ2) is 9.74. The Morgan fingerprint density at radius 2 is 1.53 bits per heavy atom. The third-order valence-corrected chi connectivity index (χ3v) is 5.73. The van der Waals surface area contributed by atoms with Crippen molar-refractivity contribution in [2.45, 2.75) is 38.4 Å². The summed E-state index contributed by atoms with van der Waals surface area (Å²) >= 11 is 0. The molecule has 1 aliphatic rings. The van der Waals surface area contributed by atoms with Crippen LogP contribution in [0.25, 0.3) is 11.1 Å². The van der Waals surface area contributed by atoms with Gasteiger partial charge in [-0.25, -0.2) is 4.79 Å². The summed E-state index contributed by atoms with van der Waals surface area (Å²) in [4.78, 5) is 35.3. The number of alkyl halides is 3. The summed E-state index contributed by atoms with van der Waals surface area (Å²) in [6.07, 6.45) is -7.32. The third-order valence-electron chi connectivity index (χ3n) is 5.73. The molecule has 2 aromatic rings. The number of alkyl carbamates (subject to hydrolysis) is 1. The highest BCUT2D eigenvalue weighted by molar-refractivity contribution is 5.80. The van der Waals surface area contributed by atoms with Crippen LogP contribution in [0.3, 0.4) is 0 Å². The average molecular weight is 478 g/mol.